The second-order valence-electron chi connectivity index (χ2n) is 8.49. The van der Waals surface area contributed by atoms with Crippen LogP contribution in [-0.2, 0) is 21.2 Å². The number of ether oxygens (including phenoxy) is 1. The van der Waals surface area contributed by atoms with E-state index in [-0.39, 0.29) is 16.2 Å². The number of aromatic nitrogens is 1. The van der Waals surface area contributed by atoms with Crippen molar-refractivity contribution in [2.75, 3.05) is 10.8 Å². The lowest BCUT2D eigenvalue weighted by Gasteiger charge is -2.30. The Morgan fingerprint density at radius 1 is 0.971 bits per heavy atom. The van der Waals surface area contributed by atoms with Crippen molar-refractivity contribution in [3.8, 4) is 0 Å². The molecule has 0 aliphatic carbocycles. The van der Waals surface area contributed by atoms with Crippen molar-refractivity contribution in [2.45, 2.75) is 30.8 Å². The zero-order chi connectivity index (χ0) is 24.6. The van der Waals surface area contributed by atoms with E-state index in [1.165, 1.54) is 35.5 Å². The minimum atomic E-state index is -3.78. The second-order valence-corrected chi connectivity index (χ2v) is 10.4. The molecule has 0 amide bonds. The number of esters is 1. The fourth-order valence-corrected chi connectivity index (χ4v) is 5.96. The Balaban J connectivity index is 1.31. The van der Waals surface area contributed by atoms with Crippen LogP contribution in [0.5, 0.6) is 0 Å². The summed E-state index contributed by atoms with van der Waals surface area (Å²) in [6.45, 7) is 1.92. The van der Waals surface area contributed by atoms with Crippen molar-refractivity contribution in [3.63, 3.8) is 0 Å². The first-order valence-electron chi connectivity index (χ1n) is 11.4. The van der Waals surface area contributed by atoms with Crippen molar-refractivity contribution in [1.82, 2.24) is 4.98 Å². The first-order chi connectivity index (χ1) is 16.9. The Bertz CT molecular complexity index is 1520. The summed E-state index contributed by atoms with van der Waals surface area (Å²) in [5.41, 5.74) is 3.12. The van der Waals surface area contributed by atoms with Gasteiger partial charge < -0.3 is 9.72 Å². The number of nitrogens with zero attached hydrogens (tertiary/aromatic N) is 1. The standard InChI is InChI=1S/C27H24N2O5S/c1-18(26(30)23-17-28-24-10-4-3-9-22(23)24)34-27(31)20-12-14-21(15-13-20)35(32,33)29-16-6-8-19-7-2-5-11-25(19)29/h2-5,7,9-15,17-18,28H,6,8,16H2,1H3. The molecule has 0 bridgehead atoms. The first-order valence-corrected chi connectivity index (χ1v) is 12.8. The maximum atomic E-state index is 13.3. The lowest BCUT2D eigenvalue weighted by atomic mass is 10.0. The molecule has 7 nitrogen and oxygen atoms in total. The minimum Gasteiger partial charge on any atom is -0.451 e. The number of rotatable bonds is 6. The van der Waals surface area contributed by atoms with Crippen molar-refractivity contribution < 1.29 is 22.7 Å². The van der Waals surface area contributed by atoms with E-state index < -0.39 is 22.1 Å². The van der Waals surface area contributed by atoms with Crippen LogP contribution in [0.2, 0.25) is 0 Å². The third kappa shape index (κ3) is 4.21. The van der Waals surface area contributed by atoms with Gasteiger partial charge in [-0.1, -0.05) is 36.4 Å². The highest BCUT2D eigenvalue weighted by Crippen LogP contribution is 2.32. The predicted molar refractivity (Wildman–Crippen MR) is 133 cm³/mol. The van der Waals surface area contributed by atoms with E-state index in [2.05, 4.69) is 4.98 Å². The summed E-state index contributed by atoms with van der Waals surface area (Å²) in [5, 5.41) is 0.759. The van der Waals surface area contributed by atoms with Gasteiger partial charge in [-0.25, -0.2) is 13.2 Å². The molecule has 0 spiro atoms. The SMILES string of the molecule is CC(OC(=O)c1ccc(S(=O)(=O)N2CCCc3ccccc32)cc1)C(=O)c1c[nH]c2ccccc12. The summed E-state index contributed by atoms with van der Waals surface area (Å²) in [5.74, 6) is -1.02. The van der Waals surface area contributed by atoms with Crippen LogP contribution in [-0.4, -0.2) is 37.8 Å². The highest BCUT2D eigenvalue weighted by Gasteiger charge is 2.29. The summed E-state index contributed by atoms with van der Waals surface area (Å²) in [7, 11) is -3.78. The quantitative estimate of drug-likeness (QED) is 0.312. The molecule has 0 radical (unpaired) electrons. The number of fused-ring (bicyclic) bond motifs is 2. The molecular formula is C27H24N2O5S. The number of Topliss-reactive ketones (excluding diaryl/α,β-unsaturated/α-hetero) is 1. The summed E-state index contributed by atoms with van der Waals surface area (Å²) in [6, 6.07) is 20.5. The predicted octanol–water partition coefficient (Wildman–Crippen LogP) is 4.74. The van der Waals surface area contributed by atoms with Gasteiger partial charge in [0.1, 0.15) is 0 Å². The molecule has 5 rings (SSSR count). The minimum absolute atomic E-state index is 0.0914. The van der Waals surface area contributed by atoms with Gasteiger partial charge in [0.25, 0.3) is 10.0 Å². The number of benzene rings is 3. The number of para-hydroxylation sites is 2. The smallest absolute Gasteiger partial charge is 0.338 e. The van der Waals surface area contributed by atoms with Gasteiger partial charge in [-0.3, -0.25) is 9.10 Å². The van der Waals surface area contributed by atoms with Gasteiger partial charge >= 0.3 is 5.97 Å². The van der Waals surface area contributed by atoms with Crippen molar-refractivity contribution in [2.24, 2.45) is 0 Å². The average Bonchev–Trinajstić information content (AvgIpc) is 3.32. The molecule has 0 saturated carbocycles. The number of nitrogens with one attached hydrogen (secondary N) is 1. The molecule has 1 atom stereocenters. The van der Waals surface area contributed by atoms with Crippen LogP contribution < -0.4 is 4.31 Å². The van der Waals surface area contributed by atoms with Gasteiger partial charge in [-0.15, -0.1) is 0 Å². The highest BCUT2D eigenvalue weighted by molar-refractivity contribution is 7.92. The van der Waals surface area contributed by atoms with E-state index in [0.29, 0.717) is 17.8 Å². The largest absolute Gasteiger partial charge is 0.451 e. The normalized spacial score (nSPS) is 14.4. The van der Waals surface area contributed by atoms with Gasteiger partial charge in [0.05, 0.1) is 16.1 Å². The summed E-state index contributed by atoms with van der Waals surface area (Å²) >= 11 is 0. The maximum Gasteiger partial charge on any atom is 0.338 e. The number of aryl methyl sites for hydroxylation is 1. The summed E-state index contributed by atoms with van der Waals surface area (Å²) in [4.78, 5) is 28.7. The average molecular weight is 489 g/mol. The Hall–Kier alpha value is -3.91. The number of sulfonamides is 1. The molecule has 3 aromatic carbocycles. The number of hydrogen-bond donors (Lipinski definition) is 1. The van der Waals surface area contributed by atoms with Crippen LogP contribution in [0.25, 0.3) is 10.9 Å². The highest BCUT2D eigenvalue weighted by atomic mass is 32.2. The topological polar surface area (TPSA) is 96.5 Å². The van der Waals surface area contributed by atoms with E-state index in [0.717, 1.165) is 29.3 Å². The Labute approximate surface area is 203 Å². The monoisotopic (exact) mass is 488 g/mol. The number of anilines is 1. The number of hydrogen-bond acceptors (Lipinski definition) is 5. The van der Waals surface area contributed by atoms with Crippen LogP contribution >= 0.6 is 0 Å². The summed E-state index contributed by atoms with van der Waals surface area (Å²) in [6.07, 6.45) is 2.18. The van der Waals surface area contributed by atoms with E-state index in [1.807, 2.05) is 48.5 Å². The molecule has 8 heteroatoms. The third-order valence-electron chi connectivity index (χ3n) is 6.25. The molecule has 1 unspecified atom stereocenters. The molecule has 2 heterocycles. The Kier molecular flexibility index (Phi) is 5.90. The molecule has 0 saturated heterocycles. The van der Waals surface area contributed by atoms with E-state index >= 15 is 0 Å². The van der Waals surface area contributed by atoms with Gasteiger partial charge in [0, 0.05) is 29.2 Å². The van der Waals surface area contributed by atoms with Crippen LogP contribution in [0.4, 0.5) is 5.69 Å². The number of carbonyl (C=O) groups is 2. The Morgan fingerprint density at radius 2 is 1.69 bits per heavy atom. The van der Waals surface area contributed by atoms with Gasteiger partial charge in [0.2, 0.25) is 5.78 Å². The Morgan fingerprint density at radius 3 is 2.49 bits per heavy atom. The molecule has 1 N–H and O–H groups in total. The van der Waals surface area contributed by atoms with Gasteiger partial charge in [-0.2, -0.15) is 0 Å². The molecule has 35 heavy (non-hydrogen) atoms. The fourth-order valence-electron chi connectivity index (χ4n) is 4.42. The van der Waals surface area contributed by atoms with E-state index in [4.69, 9.17) is 4.74 Å². The molecular weight excluding hydrogens is 464 g/mol. The van der Waals surface area contributed by atoms with Crippen molar-refractivity contribution in [1.29, 1.82) is 0 Å². The van der Waals surface area contributed by atoms with E-state index in [9.17, 15) is 18.0 Å². The maximum absolute atomic E-state index is 13.3. The third-order valence-corrected chi connectivity index (χ3v) is 8.08. The van der Waals surface area contributed by atoms with Crippen LogP contribution in [0, 0.1) is 0 Å². The van der Waals surface area contributed by atoms with Gasteiger partial charge in [-0.05, 0) is 61.7 Å². The number of H-pyrrole nitrogens is 1. The lowest BCUT2D eigenvalue weighted by molar-refractivity contribution is 0.0319. The lowest BCUT2D eigenvalue weighted by Crippen LogP contribution is -2.35. The summed E-state index contributed by atoms with van der Waals surface area (Å²) < 4.78 is 33.4. The first kappa shape index (κ1) is 22.9. The van der Waals surface area contributed by atoms with Crippen LogP contribution in [0.3, 0.4) is 0 Å². The number of aromatic amines is 1. The number of carbonyl (C=O) groups excluding carboxylic acids is 2. The number of ketones is 1. The molecule has 4 aromatic rings. The molecule has 1 aliphatic heterocycles. The van der Waals surface area contributed by atoms with E-state index in [1.54, 1.807) is 6.20 Å². The van der Waals surface area contributed by atoms with Crippen LogP contribution in [0.1, 0.15) is 39.6 Å². The van der Waals surface area contributed by atoms with Gasteiger partial charge in [0.15, 0.2) is 6.10 Å². The molecule has 178 valence electrons. The zero-order valence-electron chi connectivity index (χ0n) is 19.1. The molecule has 0 fully saturated rings. The van der Waals surface area contributed by atoms with Crippen LogP contribution in [0.15, 0.2) is 83.9 Å². The zero-order valence-corrected chi connectivity index (χ0v) is 19.9. The van der Waals surface area contributed by atoms with Crippen molar-refractivity contribution in [3.05, 3.63) is 95.7 Å². The van der Waals surface area contributed by atoms with Crippen molar-refractivity contribution >= 4 is 38.4 Å². The molecule has 1 aliphatic rings. The fraction of sp³-hybridized carbons (Fsp3) is 0.185. The molecule has 1 aromatic heterocycles. The second kappa shape index (κ2) is 9.03.